The molecule has 0 bridgehead atoms. The third-order valence-corrected chi connectivity index (χ3v) is 4.10. The Hall–Kier alpha value is -1.17. The molecule has 0 aliphatic carbocycles. The van der Waals surface area contributed by atoms with Gasteiger partial charge in [-0.3, -0.25) is 0 Å². The smallest absolute Gasteiger partial charge is 0.183 e. The molecule has 2 rings (SSSR count). The van der Waals surface area contributed by atoms with Gasteiger partial charge >= 0.3 is 0 Å². The van der Waals surface area contributed by atoms with Crippen LogP contribution in [-0.2, 0) is 16.3 Å². The van der Waals surface area contributed by atoms with E-state index in [0.29, 0.717) is 24.4 Å². The number of fused-ring (bicyclic) bond motifs is 1. The zero-order valence-corrected chi connectivity index (χ0v) is 8.63. The van der Waals surface area contributed by atoms with Crippen molar-refractivity contribution in [1.82, 2.24) is 9.97 Å². The predicted octanol–water partition coefficient (Wildman–Crippen LogP) is 0.0871. The molecule has 1 aliphatic heterocycles. The van der Waals surface area contributed by atoms with Gasteiger partial charge in [0, 0.05) is 0 Å². The molecular formula is C8H11N3O2S. The standard InChI is InChI=1S/C8H11N3O2S/c1-5-10-6-3-2-4-14(12,13)7(6)8(9)11-5/h2-4H2,1H3,(H2,9,10,11). The van der Waals surface area contributed by atoms with Crippen LogP contribution in [-0.4, -0.2) is 24.1 Å². The quantitative estimate of drug-likeness (QED) is 0.660. The summed E-state index contributed by atoms with van der Waals surface area (Å²) in [6.07, 6.45) is 1.29. The Bertz CT molecular complexity index is 482. The summed E-state index contributed by atoms with van der Waals surface area (Å²) in [4.78, 5) is 8.12. The van der Waals surface area contributed by atoms with Gasteiger partial charge in [-0.2, -0.15) is 0 Å². The third-order valence-electron chi connectivity index (χ3n) is 2.21. The largest absolute Gasteiger partial charge is 0.382 e. The number of nitrogens with zero attached hydrogens (tertiary/aromatic N) is 2. The van der Waals surface area contributed by atoms with Gasteiger partial charge in [0.15, 0.2) is 9.84 Å². The number of hydrogen-bond acceptors (Lipinski definition) is 5. The van der Waals surface area contributed by atoms with E-state index < -0.39 is 9.84 Å². The van der Waals surface area contributed by atoms with E-state index in [-0.39, 0.29) is 16.5 Å². The second-order valence-corrected chi connectivity index (χ2v) is 5.40. The fourth-order valence-electron chi connectivity index (χ4n) is 1.68. The monoisotopic (exact) mass is 213 g/mol. The maximum atomic E-state index is 11.6. The first-order valence-electron chi connectivity index (χ1n) is 4.36. The van der Waals surface area contributed by atoms with E-state index >= 15 is 0 Å². The van der Waals surface area contributed by atoms with Gasteiger partial charge in [-0.1, -0.05) is 0 Å². The third kappa shape index (κ3) is 1.35. The van der Waals surface area contributed by atoms with Crippen LogP contribution in [0.1, 0.15) is 17.9 Å². The molecule has 0 amide bonds. The molecule has 0 radical (unpaired) electrons. The van der Waals surface area contributed by atoms with E-state index in [0.717, 1.165) is 0 Å². The van der Waals surface area contributed by atoms with E-state index in [1.165, 1.54) is 0 Å². The average molecular weight is 213 g/mol. The summed E-state index contributed by atoms with van der Waals surface area (Å²) < 4.78 is 23.3. The topological polar surface area (TPSA) is 85.9 Å². The number of nitrogen functional groups attached to an aromatic ring is 1. The van der Waals surface area contributed by atoms with Crippen LogP contribution in [0.2, 0.25) is 0 Å². The van der Waals surface area contributed by atoms with Crippen LogP contribution in [0.4, 0.5) is 5.82 Å². The van der Waals surface area contributed by atoms with Gasteiger partial charge in [-0.05, 0) is 19.8 Å². The van der Waals surface area contributed by atoms with Gasteiger partial charge in [0.25, 0.3) is 0 Å². The molecule has 2 heterocycles. The van der Waals surface area contributed by atoms with Crippen molar-refractivity contribution in [2.45, 2.75) is 24.7 Å². The molecule has 0 spiro atoms. The molecule has 14 heavy (non-hydrogen) atoms. The molecular weight excluding hydrogens is 202 g/mol. The zero-order valence-electron chi connectivity index (χ0n) is 7.82. The van der Waals surface area contributed by atoms with Crippen molar-refractivity contribution in [3.63, 3.8) is 0 Å². The molecule has 0 atom stereocenters. The lowest BCUT2D eigenvalue weighted by Crippen LogP contribution is -2.20. The van der Waals surface area contributed by atoms with Crippen molar-refractivity contribution < 1.29 is 8.42 Å². The minimum atomic E-state index is -3.24. The first kappa shape index (κ1) is 9.39. The SMILES string of the molecule is Cc1nc(N)c2c(n1)CCCS2(=O)=O. The van der Waals surface area contributed by atoms with Crippen LogP contribution in [0.15, 0.2) is 4.90 Å². The Morgan fingerprint density at radius 3 is 2.79 bits per heavy atom. The van der Waals surface area contributed by atoms with Crippen LogP contribution >= 0.6 is 0 Å². The van der Waals surface area contributed by atoms with Crippen LogP contribution in [0, 0.1) is 6.92 Å². The summed E-state index contributed by atoms with van der Waals surface area (Å²) in [7, 11) is -3.24. The lowest BCUT2D eigenvalue weighted by molar-refractivity contribution is 0.583. The van der Waals surface area contributed by atoms with E-state index in [1.807, 2.05) is 0 Å². The van der Waals surface area contributed by atoms with Gasteiger partial charge in [0.1, 0.15) is 16.5 Å². The summed E-state index contributed by atoms with van der Waals surface area (Å²) in [6.45, 7) is 1.71. The minimum absolute atomic E-state index is 0.0900. The summed E-state index contributed by atoms with van der Waals surface area (Å²) in [6, 6.07) is 0. The highest BCUT2D eigenvalue weighted by Gasteiger charge is 2.28. The Labute approximate surface area is 82.3 Å². The van der Waals surface area contributed by atoms with Gasteiger partial charge in [0.05, 0.1) is 11.4 Å². The van der Waals surface area contributed by atoms with Crippen molar-refractivity contribution in [1.29, 1.82) is 0 Å². The first-order valence-corrected chi connectivity index (χ1v) is 6.02. The van der Waals surface area contributed by atoms with Gasteiger partial charge in [-0.15, -0.1) is 0 Å². The Morgan fingerprint density at radius 1 is 1.36 bits per heavy atom. The second kappa shape index (κ2) is 2.91. The molecule has 5 nitrogen and oxygen atoms in total. The molecule has 2 N–H and O–H groups in total. The molecule has 0 saturated heterocycles. The van der Waals surface area contributed by atoms with Crippen molar-refractivity contribution in [3.05, 3.63) is 11.5 Å². The van der Waals surface area contributed by atoms with Crippen molar-refractivity contribution in [3.8, 4) is 0 Å². The van der Waals surface area contributed by atoms with Gasteiger partial charge in [0.2, 0.25) is 0 Å². The molecule has 0 saturated carbocycles. The fraction of sp³-hybridized carbons (Fsp3) is 0.500. The van der Waals surface area contributed by atoms with Crippen molar-refractivity contribution >= 4 is 15.7 Å². The minimum Gasteiger partial charge on any atom is -0.382 e. The molecule has 1 aliphatic rings. The molecule has 1 aromatic heterocycles. The maximum absolute atomic E-state index is 11.6. The molecule has 1 aromatic rings. The maximum Gasteiger partial charge on any atom is 0.183 e. The summed E-state index contributed by atoms with van der Waals surface area (Å²) in [5.74, 6) is 0.766. The summed E-state index contributed by atoms with van der Waals surface area (Å²) in [5, 5.41) is 0. The fourth-order valence-corrected chi connectivity index (χ4v) is 3.28. The van der Waals surface area contributed by atoms with Crippen LogP contribution in [0.25, 0.3) is 0 Å². The highest BCUT2D eigenvalue weighted by Crippen LogP contribution is 2.27. The molecule has 0 aromatic carbocycles. The van der Waals surface area contributed by atoms with Crippen molar-refractivity contribution in [2.75, 3.05) is 11.5 Å². The number of sulfone groups is 1. The number of aromatic nitrogens is 2. The van der Waals surface area contributed by atoms with E-state index in [1.54, 1.807) is 6.92 Å². The highest BCUT2D eigenvalue weighted by atomic mass is 32.2. The summed E-state index contributed by atoms with van der Waals surface area (Å²) >= 11 is 0. The normalized spacial score (nSPS) is 18.9. The highest BCUT2D eigenvalue weighted by molar-refractivity contribution is 7.91. The van der Waals surface area contributed by atoms with Crippen molar-refractivity contribution in [2.24, 2.45) is 0 Å². The molecule has 6 heteroatoms. The van der Waals surface area contributed by atoms with Gasteiger partial charge in [-0.25, -0.2) is 18.4 Å². The van der Waals surface area contributed by atoms with Crippen LogP contribution < -0.4 is 5.73 Å². The molecule has 0 fully saturated rings. The van der Waals surface area contributed by atoms with Crippen LogP contribution in [0.3, 0.4) is 0 Å². The number of anilines is 1. The average Bonchev–Trinajstić information content (AvgIpc) is 2.00. The lowest BCUT2D eigenvalue weighted by atomic mass is 10.2. The zero-order chi connectivity index (χ0) is 10.3. The summed E-state index contributed by atoms with van der Waals surface area (Å²) in [5.41, 5.74) is 6.16. The molecule has 76 valence electrons. The number of nitrogens with two attached hydrogens (primary N) is 1. The van der Waals surface area contributed by atoms with E-state index in [2.05, 4.69) is 9.97 Å². The Morgan fingerprint density at radius 2 is 2.07 bits per heavy atom. The second-order valence-electron chi connectivity index (χ2n) is 3.35. The first-order chi connectivity index (χ1) is 6.50. The van der Waals surface area contributed by atoms with E-state index in [9.17, 15) is 8.42 Å². The van der Waals surface area contributed by atoms with E-state index in [4.69, 9.17) is 5.73 Å². The lowest BCUT2D eigenvalue weighted by Gasteiger charge is -2.16. The number of aryl methyl sites for hydroxylation is 2. The Balaban J connectivity index is 2.76. The Kier molecular flexibility index (Phi) is 1.95. The van der Waals surface area contributed by atoms with Gasteiger partial charge < -0.3 is 5.73 Å². The predicted molar refractivity (Wildman–Crippen MR) is 51.6 cm³/mol. The number of rotatable bonds is 0. The van der Waals surface area contributed by atoms with Crippen LogP contribution in [0.5, 0.6) is 0 Å². The number of hydrogen-bond donors (Lipinski definition) is 1. The molecule has 0 unspecified atom stereocenters.